The average molecular weight is 597 g/mol. The zero-order chi connectivity index (χ0) is 22.7. The van der Waals surface area contributed by atoms with Crippen LogP contribution in [0.2, 0.25) is 10.0 Å². The summed E-state index contributed by atoms with van der Waals surface area (Å²) in [4.78, 5) is 5.96. The standard InChI is InChI=1S/C24H19Cl2IN2O2S/c1-30-21-9-14(12-29-24-18(11-28)17-4-2-3-5-22(17)32-24)8-20(27)23(21)31-13-15-6-7-16(25)10-19(15)26/h6-10,12H,2-5,13H2,1H3. The van der Waals surface area contributed by atoms with Gasteiger partial charge >= 0.3 is 0 Å². The molecule has 3 aromatic rings. The number of ether oxygens (including phenoxy) is 2. The van der Waals surface area contributed by atoms with Gasteiger partial charge in [-0.2, -0.15) is 5.26 Å². The van der Waals surface area contributed by atoms with Crippen LogP contribution in [0.1, 0.15) is 40.0 Å². The van der Waals surface area contributed by atoms with Crippen molar-refractivity contribution in [3.05, 3.63) is 71.1 Å². The van der Waals surface area contributed by atoms with Gasteiger partial charge in [-0.3, -0.25) is 0 Å². The van der Waals surface area contributed by atoms with Gasteiger partial charge in [0, 0.05) is 26.7 Å². The highest BCUT2D eigenvalue weighted by atomic mass is 127. The molecule has 0 bridgehead atoms. The molecule has 0 aliphatic heterocycles. The van der Waals surface area contributed by atoms with Crippen LogP contribution in [0.15, 0.2) is 35.3 Å². The number of rotatable bonds is 6. The summed E-state index contributed by atoms with van der Waals surface area (Å²) in [6, 6.07) is 11.5. The molecule has 1 aliphatic carbocycles. The summed E-state index contributed by atoms with van der Waals surface area (Å²) in [7, 11) is 1.61. The van der Waals surface area contributed by atoms with Crippen LogP contribution in [0.5, 0.6) is 11.5 Å². The topological polar surface area (TPSA) is 54.6 Å². The molecule has 0 fully saturated rings. The highest BCUT2D eigenvalue weighted by molar-refractivity contribution is 14.1. The van der Waals surface area contributed by atoms with Crippen molar-refractivity contribution in [2.75, 3.05) is 7.11 Å². The molecule has 0 saturated heterocycles. The number of halogens is 3. The van der Waals surface area contributed by atoms with E-state index >= 15 is 0 Å². The molecule has 4 nitrogen and oxygen atoms in total. The Hall–Kier alpha value is -1.79. The largest absolute Gasteiger partial charge is 0.493 e. The third-order valence-electron chi connectivity index (χ3n) is 5.23. The van der Waals surface area contributed by atoms with Crippen LogP contribution in [0, 0.1) is 14.9 Å². The van der Waals surface area contributed by atoms with E-state index in [1.165, 1.54) is 16.9 Å². The Morgan fingerprint density at radius 1 is 1.22 bits per heavy atom. The number of thiophene rings is 1. The summed E-state index contributed by atoms with van der Waals surface area (Å²) in [5.41, 5.74) is 3.62. The van der Waals surface area contributed by atoms with Gasteiger partial charge in [-0.15, -0.1) is 11.3 Å². The molecule has 1 aromatic heterocycles. The van der Waals surface area contributed by atoms with Crippen LogP contribution in [0.25, 0.3) is 0 Å². The van der Waals surface area contributed by atoms with E-state index in [1.54, 1.807) is 36.8 Å². The smallest absolute Gasteiger partial charge is 0.174 e. The summed E-state index contributed by atoms with van der Waals surface area (Å²) >= 11 is 16.1. The fourth-order valence-electron chi connectivity index (χ4n) is 3.63. The Morgan fingerprint density at radius 3 is 2.78 bits per heavy atom. The Kier molecular flexibility index (Phi) is 7.62. The lowest BCUT2D eigenvalue weighted by Crippen LogP contribution is -2.01. The second kappa shape index (κ2) is 10.4. The number of aryl methyl sites for hydroxylation is 1. The molecule has 0 radical (unpaired) electrons. The number of benzene rings is 2. The molecule has 0 atom stereocenters. The summed E-state index contributed by atoms with van der Waals surface area (Å²) in [6.45, 7) is 0.294. The molecule has 32 heavy (non-hydrogen) atoms. The van der Waals surface area contributed by atoms with Crippen molar-refractivity contribution >= 4 is 68.3 Å². The predicted octanol–water partition coefficient (Wildman–Crippen LogP) is 7.75. The van der Waals surface area contributed by atoms with Crippen molar-refractivity contribution in [3.63, 3.8) is 0 Å². The molecule has 0 unspecified atom stereocenters. The molecule has 1 heterocycles. The van der Waals surface area contributed by atoms with Crippen molar-refractivity contribution in [2.24, 2.45) is 4.99 Å². The van der Waals surface area contributed by atoms with E-state index in [2.05, 4.69) is 33.7 Å². The molecule has 0 saturated carbocycles. The first-order valence-corrected chi connectivity index (χ1v) is 12.7. The zero-order valence-electron chi connectivity index (χ0n) is 17.3. The van der Waals surface area contributed by atoms with Gasteiger partial charge in [0.05, 0.1) is 16.2 Å². The van der Waals surface area contributed by atoms with Crippen molar-refractivity contribution < 1.29 is 9.47 Å². The Balaban J connectivity index is 1.57. The number of hydrogen-bond donors (Lipinski definition) is 0. The molecule has 0 amide bonds. The summed E-state index contributed by atoms with van der Waals surface area (Å²) in [6.07, 6.45) is 6.11. The monoisotopic (exact) mass is 596 g/mol. The fraction of sp³-hybridized carbons (Fsp3) is 0.250. The molecule has 2 aromatic carbocycles. The first-order chi connectivity index (χ1) is 15.5. The van der Waals surface area contributed by atoms with Crippen molar-refractivity contribution in [3.8, 4) is 17.6 Å². The van der Waals surface area contributed by atoms with Crippen molar-refractivity contribution in [1.29, 1.82) is 5.26 Å². The van der Waals surface area contributed by atoms with Gasteiger partial charge in [-0.1, -0.05) is 29.3 Å². The molecular weight excluding hydrogens is 578 g/mol. The highest BCUT2D eigenvalue weighted by Gasteiger charge is 2.20. The number of fused-ring (bicyclic) bond motifs is 1. The van der Waals surface area contributed by atoms with E-state index in [0.29, 0.717) is 28.2 Å². The number of methoxy groups -OCH3 is 1. The van der Waals surface area contributed by atoms with E-state index in [4.69, 9.17) is 32.7 Å². The SMILES string of the molecule is COc1cc(C=Nc2sc3c(c2C#N)CCCC3)cc(I)c1OCc1ccc(Cl)cc1Cl. The van der Waals surface area contributed by atoms with E-state index in [9.17, 15) is 5.26 Å². The van der Waals surface area contributed by atoms with Gasteiger partial charge in [0.15, 0.2) is 11.5 Å². The molecular formula is C24H19Cl2IN2O2S. The highest BCUT2D eigenvalue weighted by Crippen LogP contribution is 2.40. The first kappa shape index (κ1) is 23.4. The van der Waals surface area contributed by atoms with Gasteiger partial charge < -0.3 is 9.47 Å². The number of nitrogens with zero attached hydrogens (tertiary/aromatic N) is 2. The second-order valence-electron chi connectivity index (χ2n) is 7.32. The maximum absolute atomic E-state index is 9.64. The van der Waals surface area contributed by atoms with Crippen LogP contribution in [-0.4, -0.2) is 13.3 Å². The van der Waals surface area contributed by atoms with E-state index in [-0.39, 0.29) is 0 Å². The van der Waals surface area contributed by atoms with Crippen LogP contribution < -0.4 is 9.47 Å². The molecule has 1 aliphatic rings. The van der Waals surface area contributed by atoms with Crippen molar-refractivity contribution in [2.45, 2.75) is 32.3 Å². The van der Waals surface area contributed by atoms with Crippen LogP contribution in [0.4, 0.5) is 5.00 Å². The lowest BCUT2D eigenvalue weighted by molar-refractivity contribution is 0.282. The second-order valence-corrected chi connectivity index (χ2v) is 10.4. The fourth-order valence-corrected chi connectivity index (χ4v) is 6.06. The average Bonchev–Trinajstić information content (AvgIpc) is 3.15. The third-order valence-corrected chi connectivity index (χ3v) is 7.82. The van der Waals surface area contributed by atoms with E-state index < -0.39 is 0 Å². The predicted molar refractivity (Wildman–Crippen MR) is 139 cm³/mol. The molecule has 0 N–H and O–H groups in total. The Labute approximate surface area is 214 Å². The van der Waals surface area contributed by atoms with Crippen LogP contribution >= 0.6 is 57.1 Å². The van der Waals surface area contributed by atoms with Gasteiger partial charge in [0.25, 0.3) is 0 Å². The zero-order valence-corrected chi connectivity index (χ0v) is 21.7. The normalized spacial score (nSPS) is 13.1. The van der Waals surface area contributed by atoms with E-state index in [1.807, 2.05) is 18.2 Å². The number of nitriles is 1. The van der Waals surface area contributed by atoms with Crippen molar-refractivity contribution in [1.82, 2.24) is 0 Å². The lowest BCUT2D eigenvalue weighted by Gasteiger charge is -2.14. The van der Waals surface area contributed by atoms with Gasteiger partial charge in [0.2, 0.25) is 0 Å². The lowest BCUT2D eigenvalue weighted by atomic mass is 9.96. The maximum Gasteiger partial charge on any atom is 0.174 e. The minimum absolute atomic E-state index is 0.294. The maximum atomic E-state index is 9.64. The third kappa shape index (κ3) is 5.07. The summed E-state index contributed by atoms with van der Waals surface area (Å²) < 4.78 is 12.5. The number of aliphatic imine (C=N–C) groups is 1. The quantitative estimate of drug-likeness (QED) is 0.216. The molecule has 164 valence electrons. The minimum Gasteiger partial charge on any atom is -0.493 e. The summed E-state index contributed by atoms with van der Waals surface area (Å²) in [5.74, 6) is 1.25. The van der Waals surface area contributed by atoms with E-state index in [0.717, 1.165) is 44.5 Å². The van der Waals surface area contributed by atoms with Gasteiger partial charge in [-0.05, 0) is 83.7 Å². The molecule has 0 spiro atoms. The molecule has 4 rings (SSSR count). The Bertz CT molecular complexity index is 1230. The van der Waals surface area contributed by atoms with Crippen LogP contribution in [-0.2, 0) is 19.4 Å². The number of hydrogen-bond acceptors (Lipinski definition) is 5. The first-order valence-electron chi connectivity index (χ1n) is 10.0. The minimum atomic E-state index is 0.294. The molecule has 8 heteroatoms. The van der Waals surface area contributed by atoms with Gasteiger partial charge in [0.1, 0.15) is 17.7 Å². The van der Waals surface area contributed by atoms with Crippen LogP contribution in [0.3, 0.4) is 0 Å². The summed E-state index contributed by atoms with van der Waals surface area (Å²) in [5, 5.41) is 11.6. The Morgan fingerprint density at radius 2 is 2.03 bits per heavy atom. The van der Waals surface area contributed by atoms with Gasteiger partial charge in [-0.25, -0.2) is 4.99 Å².